The first kappa shape index (κ1) is 19.3. The van der Waals surface area contributed by atoms with E-state index in [1.54, 1.807) is 6.92 Å². The van der Waals surface area contributed by atoms with Crippen LogP contribution in [0.5, 0.6) is 5.75 Å². The minimum absolute atomic E-state index is 0.295. The van der Waals surface area contributed by atoms with E-state index < -0.39 is 0 Å². The number of esters is 1. The number of hydrogen-bond acceptors (Lipinski definition) is 3. The molecule has 0 N–H and O–H groups in total. The second-order valence-corrected chi connectivity index (χ2v) is 5.61. The monoisotopic (exact) mass is 318 g/mol. The summed E-state index contributed by atoms with van der Waals surface area (Å²) in [5, 5.41) is 0. The summed E-state index contributed by atoms with van der Waals surface area (Å²) in [5.41, 5.74) is 0. The van der Waals surface area contributed by atoms with Gasteiger partial charge >= 0.3 is 5.97 Å². The van der Waals surface area contributed by atoms with Gasteiger partial charge in [-0.05, 0) is 38.0 Å². The lowest BCUT2D eigenvalue weighted by Crippen LogP contribution is -2.12. The summed E-state index contributed by atoms with van der Waals surface area (Å²) in [6.45, 7) is 4.38. The highest BCUT2D eigenvalue weighted by Crippen LogP contribution is 2.15. The summed E-state index contributed by atoms with van der Waals surface area (Å²) in [4.78, 5) is 12.0. The van der Waals surface area contributed by atoms with E-state index in [-0.39, 0.29) is 5.97 Å². The van der Waals surface area contributed by atoms with E-state index in [2.05, 4.69) is 6.92 Å². The molecule has 0 fully saturated rings. The van der Waals surface area contributed by atoms with Gasteiger partial charge in [0.25, 0.3) is 0 Å². The van der Waals surface area contributed by atoms with Gasteiger partial charge < -0.3 is 9.47 Å². The van der Waals surface area contributed by atoms with E-state index >= 15 is 0 Å². The Morgan fingerprint density at radius 1 is 0.957 bits per heavy atom. The Morgan fingerprint density at radius 2 is 1.61 bits per heavy atom. The maximum atomic E-state index is 12.0. The van der Waals surface area contributed by atoms with Crippen molar-refractivity contribution >= 4 is 5.97 Å². The highest BCUT2D eigenvalue weighted by molar-refractivity contribution is 5.86. The molecule has 1 aromatic rings. The van der Waals surface area contributed by atoms with E-state index in [4.69, 9.17) is 9.47 Å². The topological polar surface area (TPSA) is 35.5 Å². The van der Waals surface area contributed by atoms with E-state index in [0.29, 0.717) is 18.1 Å². The van der Waals surface area contributed by atoms with Gasteiger partial charge in [0.2, 0.25) is 5.76 Å². The third-order valence-corrected chi connectivity index (χ3v) is 3.59. The van der Waals surface area contributed by atoms with Crippen molar-refractivity contribution in [3.63, 3.8) is 0 Å². The van der Waals surface area contributed by atoms with Crippen molar-refractivity contribution in [3.8, 4) is 5.75 Å². The molecule has 0 aliphatic rings. The van der Waals surface area contributed by atoms with Crippen LogP contribution in [0.15, 0.2) is 42.2 Å². The Balaban J connectivity index is 2.40. The molecule has 0 saturated heterocycles. The zero-order valence-electron chi connectivity index (χ0n) is 14.6. The van der Waals surface area contributed by atoms with Crippen LogP contribution in [0.4, 0.5) is 0 Å². The minimum atomic E-state index is -0.390. The number of hydrogen-bond donors (Lipinski definition) is 0. The maximum absolute atomic E-state index is 12.0. The molecule has 0 atom stereocenters. The molecule has 0 radical (unpaired) electrons. The van der Waals surface area contributed by atoms with Crippen LogP contribution in [0, 0.1) is 0 Å². The highest BCUT2D eigenvalue weighted by atomic mass is 16.6. The van der Waals surface area contributed by atoms with Gasteiger partial charge in [0.15, 0.2) is 0 Å². The molecule has 3 nitrogen and oxygen atoms in total. The minimum Gasteiger partial charge on any atom is -0.460 e. The maximum Gasteiger partial charge on any atom is 0.373 e. The molecule has 3 heteroatoms. The molecule has 0 spiro atoms. The smallest absolute Gasteiger partial charge is 0.373 e. The molecule has 0 saturated carbocycles. The van der Waals surface area contributed by atoms with Gasteiger partial charge in [-0.2, -0.15) is 0 Å². The fraction of sp³-hybridized carbons (Fsp3) is 0.550. The average molecular weight is 318 g/mol. The summed E-state index contributed by atoms with van der Waals surface area (Å²) >= 11 is 0. The van der Waals surface area contributed by atoms with Gasteiger partial charge in [0.1, 0.15) is 5.75 Å². The molecule has 1 aromatic carbocycles. The van der Waals surface area contributed by atoms with Crippen LogP contribution in [0.3, 0.4) is 0 Å². The Hall–Kier alpha value is -1.77. The number of carbonyl (C=O) groups excluding carboxylic acids is 1. The van der Waals surface area contributed by atoms with Crippen molar-refractivity contribution in [1.82, 2.24) is 0 Å². The summed E-state index contributed by atoms with van der Waals surface area (Å²) in [5.74, 6) is 0.565. The molecule has 1 rings (SSSR count). The molecular formula is C20H30O3. The number of allylic oxidation sites excluding steroid dienone is 1. The van der Waals surface area contributed by atoms with Crippen molar-refractivity contribution in [3.05, 3.63) is 42.2 Å². The predicted molar refractivity (Wildman–Crippen MR) is 94.4 cm³/mol. The second kappa shape index (κ2) is 12.7. The van der Waals surface area contributed by atoms with Crippen LogP contribution in [0.25, 0.3) is 0 Å². The van der Waals surface area contributed by atoms with Crippen molar-refractivity contribution in [1.29, 1.82) is 0 Å². The molecule has 0 amide bonds. The Kier molecular flexibility index (Phi) is 10.7. The number of benzene rings is 1. The predicted octanol–water partition coefficient (Wildman–Crippen LogP) is 5.65. The van der Waals surface area contributed by atoms with Gasteiger partial charge in [-0.25, -0.2) is 4.79 Å². The standard InChI is InChI=1S/C20H30O3/c1-3-5-6-7-8-9-10-14-17-19(20(21)22-4-2)23-18-15-12-11-13-16-18/h11-13,15-17H,3-10,14H2,1-2H3/b19-17+. The lowest BCUT2D eigenvalue weighted by molar-refractivity contribution is -0.141. The fourth-order valence-corrected chi connectivity index (χ4v) is 2.32. The Bertz CT molecular complexity index is 451. The summed E-state index contributed by atoms with van der Waals surface area (Å²) in [7, 11) is 0. The molecule has 0 bridgehead atoms. The number of para-hydroxylation sites is 1. The molecule has 0 unspecified atom stereocenters. The number of unbranched alkanes of at least 4 members (excludes halogenated alkanes) is 7. The summed E-state index contributed by atoms with van der Waals surface area (Å²) in [6.07, 6.45) is 11.5. The van der Waals surface area contributed by atoms with Gasteiger partial charge in [-0.3, -0.25) is 0 Å². The normalized spacial score (nSPS) is 11.3. The van der Waals surface area contributed by atoms with E-state index in [1.165, 1.54) is 38.5 Å². The fourth-order valence-electron chi connectivity index (χ4n) is 2.32. The van der Waals surface area contributed by atoms with Crippen molar-refractivity contribution in [2.24, 2.45) is 0 Å². The van der Waals surface area contributed by atoms with Crippen molar-refractivity contribution in [2.45, 2.75) is 65.2 Å². The zero-order chi connectivity index (χ0) is 16.8. The highest BCUT2D eigenvalue weighted by Gasteiger charge is 2.12. The van der Waals surface area contributed by atoms with Gasteiger partial charge in [-0.1, -0.05) is 63.6 Å². The molecule has 0 aliphatic carbocycles. The number of rotatable bonds is 12. The van der Waals surface area contributed by atoms with Crippen LogP contribution in [0.2, 0.25) is 0 Å². The van der Waals surface area contributed by atoms with Crippen molar-refractivity contribution in [2.75, 3.05) is 6.61 Å². The SMILES string of the molecule is CCCCCCCCC/C=C(/Oc1ccccc1)C(=O)OCC. The quantitative estimate of drug-likeness (QED) is 0.216. The van der Waals surface area contributed by atoms with Crippen LogP contribution >= 0.6 is 0 Å². The molecule has 128 valence electrons. The first-order chi connectivity index (χ1) is 11.3. The van der Waals surface area contributed by atoms with E-state index in [1.807, 2.05) is 36.4 Å². The lowest BCUT2D eigenvalue weighted by Gasteiger charge is -2.09. The largest absolute Gasteiger partial charge is 0.460 e. The first-order valence-electron chi connectivity index (χ1n) is 8.88. The summed E-state index contributed by atoms with van der Waals surface area (Å²) < 4.78 is 10.7. The van der Waals surface area contributed by atoms with Gasteiger partial charge in [0, 0.05) is 0 Å². The number of ether oxygens (including phenoxy) is 2. The first-order valence-corrected chi connectivity index (χ1v) is 8.88. The van der Waals surface area contributed by atoms with Gasteiger partial charge in [0.05, 0.1) is 6.61 Å². The molecule has 0 heterocycles. The molecule has 0 aromatic heterocycles. The van der Waals surface area contributed by atoms with Crippen LogP contribution < -0.4 is 4.74 Å². The Morgan fingerprint density at radius 3 is 2.26 bits per heavy atom. The van der Waals surface area contributed by atoms with Crippen LogP contribution in [-0.4, -0.2) is 12.6 Å². The van der Waals surface area contributed by atoms with E-state index in [9.17, 15) is 4.79 Å². The molecule has 0 aliphatic heterocycles. The zero-order valence-corrected chi connectivity index (χ0v) is 14.6. The molecule has 23 heavy (non-hydrogen) atoms. The third kappa shape index (κ3) is 9.07. The van der Waals surface area contributed by atoms with E-state index in [0.717, 1.165) is 12.8 Å². The Labute approximate surface area is 140 Å². The van der Waals surface area contributed by atoms with Crippen LogP contribution in [-0.2, 0) is 9.53 Å². The summed E-state index contributed by atoms with van der Waals surface area (Å²) in [6, 6.07) is 9.35. The number of carbonyl (C=O) groups is 1. The van der Waals surface area contributed by atoms with Gasteiger partial charge in [-0.15, -0.1) is 0 Å². The second-order valence-electron chi connectivity index (χ2n) is 5.61. The average Bonchev–Trinajstić information content (AvgIpc) is 2.57. The lowest BCUT2D eigenvalue weighted by atomic mass is 10.1. The van der Waals surface area contributed by atoms with Crippen molar-refractivity contribution < 1.29 is 14.3 Å². The molecular weight excluding hydrogens is 288 g/mol. The van der Waals surface area contributed by atoms with Crippen LogP contribution in [0.1, 0.15) is 65.2 Å². The third-order valence-electron chi connectivity index (χ3n) is 3.59.